The van der Waals surface area contributed by atoms with Crippen molar-refractivity contribution in [1.29, 1.82) is 0 Å². The van der Waals surface area contributed by atoms with Gasteiger partial charge in [0.2, 0.25) is 0 Å². The Morgan fingerprint density at radius 3 is 2.40 bits per heavy atom. The van der Waals surface area contributed by atoms with Crippen LogP contribution in [-0.4, -0.2) is 30.1 Å². The van der Waals surface area contributed by atoms with E-state index >= 15 is 0 Å². The van der Waals surface area contributed by atoms with Gasteiger partial charge in [-0.2, -0.15) is 0 Å². The minimum absolute atomic E-state index is 0.192. The van der Waals surface area contributed by atoms with E-state index in [4.69, 9.17) is 14.2 Å². The molecule has 1 aromatic rings. The van der Waals surface area contributed by atoms with Crippen LogP contribution in [0, 0.1) is 17.3 Å². The fourth-order valence-corrected chi connectivity index (χ4v) is 6.44. The molecule has 3 aliphatic rings. The van der Waals surface area contributed by atoms with Gasteiger partial charge in [0, 0.05) is 26.2 Å². The van der Waals surface area contributed by atoms with Crippen molar-refractivity contribution < 1.29 is 28.6 Å². The first-order valence-electron chi connectivity index (χ1n) is 10.8. The summed E-state index contributed by atoms with van der Waals surface area (Å²) >= 11 is 0. The van der Waals surface area contributed by atoms with Gasteiger partial charge < -0.3 is 14.2 Å². The summed E-state index contributed by atoms with van der Waals surface area (Å²) in [5.74, 6) is 0.839. The quantitative estimate of drug-likeness (QED) is 0.551. The van der Waals surface area contributed by atoms with Crippen LogP contribution in [0.1, 0.15) is 70.4 Å². The molecule has 6 heteroatoms. The Kier molecular flexibility index (Phi) is 5.37. The molecule has 0 aliphatic heterocycles. The summed E-state index contributed by atoms with van der Waals surface area (Å²) in [5.41, 5.74) is 2.40. The maximum Gasteiger partial charge on any atom is 0.308 e. The van der Waals surface area contributed by atoms with E-state index in [1.165, 1.54) is 31.9 Å². The summed E-state index contributed by atoms with van der Waals surface area (Å²) in [6, 6.07) is 5.99. The van der Waals surface area contributed by atoms with Crippen molar-refractivity contribution in [3.63, 3.8) is 0 Å². The lowest BCUT2D eigenvalue weighted by molar-refractivity contribution is -0.171. The molecule has 1 aromatic carbocycles. The monoisotopic (exact) mass is 414 g/mol. The van der Waals surface area contributed by atoms with Gasteiger partial charge in [-0.25, -0.2) is 0 Å². The molecule has 2 fully saturated rings. The Morgan fingerprint density at radius 1 is 1.00 bits per heavy atom. The van der Waals surface area contributed by atoms with Crippen molar-refractivity contribution in [1.82, 2.24) is 0 Å². The standard InChI is InChI=1S/C24H30O6/c1-13(25)28-17-6-8-18-16(11-17)5-7-20-19(18)9-10-24(4)21(20)12-22(29-14(2)26)23(24)30-15(3)27/h6,8,11,19-23H,5,7,9-10,12H2,1-4H3/t19-,20-,21+,22+,23-,24+/m0/s1. The second-order valence-electron chi connectivity index (χ2n) is 9.33. The second kappa shape index (κ2) is 7.71. The largest absolute Gasteiger partial charge is 0.459 e. The van der Waals surface area contributed by atoms with Crippen LogP contribution in [-0.2, 0) is 30.3 Å². The maximum atomic E-state index is 11.8. The summed E-state index contributed by atoms with van der Waals surface area (Å²) in [6.07, 6.45) is 3.83. The van der Waals surface area contributed by atoms with Gasteiger partial charge in [0.15, 0.2) is 0 Å². The molecular weight excluding hydrogens is 384 g/mol. The van der Waals surface area contributed by atoms with Crippen molar-refractivity contribution in [2.45, 2.75) is 77.9 Å². The highest BCUT2D eigenvalue weighted by Gasteiger charge is 2.61. The van der Waals surface area contributed by atoms with Gasteiger partial charge in [-0.15, -0.1) is 0 Å². The highest BCUT2D eigenvalue weighted by atomic mass is 16.6. The third kappa shape index (κ3) is 3.61. The Labute approximate surface area is 177 Å². The van der Waals surface area contributed by atoms with Crippen molar-refractivity contribution in [3.05, 3.63) is 29.3 Å². The van der Waals surface area contributed by atoms with E-state index in [2.05, 4.69) is 13.0 Å². The van der Waals surface area contributed by atoms with Crippen LogP contribution < -0.4 is 4.74 Å². The van der Waals surface area contributed by atoms with Gasteiger partial charge in [0.25, 0.3) is 0 Å². The maximum absolute atomic E-state index is 11.8. The van der Waals surface area contributed by atoms with Gasteiger partial charge in [-0.05, 0) is 73.1 Å². The Bertz CT molecular complexity index is 876. The van der Waals surface area contributed by atoms with E-state index in [0.717, 1.165) is 32.1 Å². The Morgan fingerprint density at radius 2 is 1.73 bits per heavy atom. The third-order valence-electron chi connectivity index (χ3n) is 7.48. The van der Waals surface area contributed by atoms with E-state index in [-0.39, 0.29) is 29.4 Å². The molecule has 0 aromatic heterocycles. The predicted octanol–water partition coefficient (Wildman–Crippen LogP) is 3.94. The van der Waals surface area contributed by atoms with Crippen molar-refractivity contribution in [3.8, 4) is 5.75 Å². The van der Waals surface area contributed by atoms with E-state index in [9.17, 15) is 14.4 Å². The van der Waals surface area contributed by atoms with Crippen molar-refractivity contribution in [2.75, 3.05) is 0 Å². The lowest BCUT2D eigenvalue weighted by atomic mass is 9.55. The van der Waals surface area contributed by atoms with Gasteiger partial charge >= 0.3 is 17.9 Å². The summed E-state index contributed by atoms with van der Waals surface area (Å²) in [6.45, 7) is 6.45. The Balaban J connectivity index is 1.62. The number of fused-ring (bicyclic) bond motifs is 5. The van der Waals surface area contributed by atoms with Crippen LogP contribution in [0.25, 0.3) is 0 Å². The van der Waals surface area contributed by atoms with E-state index in [1.54, 1.807) is 0 Å². The number of hydrogen-bond donors (Lipinski definition) is 0. The molecule has 6 atom stereocenters. The molecular formula is C24H30O6. The zero-order chi connectivity index (χ0) is 21.6. The molecule has 0 N–H and O–H groups in total. The molecule has 2 saturated carbocycles. The lowest BCUT2D eigenvalue weighted by Gasteiger charge is -2.50. The fourth-order valence-electron chi connectivity index (χ4n) is 6.44. The van der Waals surface area contributed by atoms with Gasteiger partial charge in [0.1, 0.15) is 18.0 Å². The number of hydrogen-bond acceptors (Lipinski definition) is 6. The minimum Gasteiger partial charge on any atom is -0.459 e. The van der Waals surface area contributed by atoms with Crippen LogP contribution in [0.3, 0.4) is 0 Å². The first-order chi connectivity index (χ1) is 14.2. The zero-order valence-corrected chi connectivity index (χ0v) is 18.1. The van der Waals surface area contributed by atoms with Crippen LogP contribution in [0.15, 0.2) is 18.2 Å². The number of benzene rings is 1. The molecule has 0 heterocycles. The second-order valence-corrected chi connectivity index (χ2v) is 9.33. The summed E-state index contributed by atoms with van der Waals surface area (Å²) in [5, 5.41) is 0. The number of carbonyl (C=O) groups excluding carboxylic acids is 3. The summed E-state index contributed by atoms with van der Waals surface area (Å²) in [4.78, 5) is 34.8. The molecule has 162 valence electrons. The number of esters is 3. The normalized spacial score (nSPS) is 34.2. The van der Waals surface area contributed by atoms with E-state index in [0.29, 0.717) is 23.5 Å². The number of aryl methyl sites for hydroxylation is 1. The average Bonchev–Trinajstić information content (AvgIpc) is 2.92. The third-order valence-corrected chi connectivity index (χ3v) is 7.48. The highest BCUT2D eigenvalue weighted by Crippen LogP contribution is 2.62. The number of carbonyl (C=O) groups is 3. The molecule has 0 radical (unpaired) electrons. The van der Waals surface area contributed by atoms with E-state index < -0.39 is 6.10 Å². The van der Waals surface area contributed by atoms with Crippen LogP contribution in [0.5, 0.6) is 5.75 Å². The summed E-state index contributed by atoms with van der Waals surface area (Å²) < 4.78 is 16.6. The number of rotatable bonds is 3. The van der Waals surface area contributed by atoms with E-state index in [1.807, 2.05) is 12.1 Å². The SMILES string of the molecule is CC(=O)Oc1ccc2c(c1)CC[C@@H]1[C@H]3C[C@@H](OC(C)=O)[C@H](OC(C)=O)[C@]3(C)CC[C@@H]21. The predicted molar refractivity (Wildman–Crippen MR) is 109 cm³/mol. The number of ether oxygens (including phenoxy) is 3. The molecule has 0 amide bonds. The smallest absolute Gasteiger partial charge is 0.308 e. The highest BCUT2D eigenvalue weighted by molar-refractivity contribution is 5.69. The molecule has 0 bridgehead atoms. The fraction of sp³-hybridized carbons (Fsp3) is 0.625. The zero-order valence-electron chi connectivity index (χ0n) is 18.1. The van der Waals surface area contributed by atoms with Crippen molar-refractivity contribution >= 4 is 17.9 Å². The molecule has 4 rings (SSSR count). The molecule has 0 saturated heterocycles. The average molecular weight is 414 g/mol. The topological polar surface area (TPSA) is 78.9 Å². The van der Waals surface area contributed by atoms with Gasteiger partial charge in [-0.1, -0.05) is 13.0 Å². The minimum atomic E-state index is -0.391. The molecule has 6 nitrogen and oxygen atoms in total. The molecule has 0 unspecified atom stereocenters. The molecule has 3 aliphatic carbocycles. The van der Waals surface area contributed by atoms with Gasteiger partial charge in [0.05, 0.1) is 0 Å². The first-order valence-corrected chi connectivity index (χ1v) is 10.8. The Hall–Kier alpha value is -2.37. The van der Waals surface area contributed by atoms with Crippen molar-refractivity contribution in [2.24, 2.45) is 17.3 Å². The lowest BCUT2D eigenvalue weighted by Crippen LogP contribution is -2.46. The van der Waals surface area contributed by atoms with Crippen LogP contribution in [0.2, 0.25) is 0 Å². The first kappa shape index (κ1) is 20.9. The molecule has 30 heavy (non-hydrogen) atoms. The van der Waals surface area contributed by atoms with Crippen LogP contribution >= 0.6 is 0 Å². The van der Waals surface area contributed by atoms with Gasteiger partial charge in [-0.3, -0.25) is 14.4 Å². The molecule has 0 spiro atoms. The summed E-state index contributed by atoms with van der Waals surface area (Å²) in [7, 11) is 0. The van der Waals surface area contributed by atoms with Crippen LogP contribution in [0.4, 0.5) is 0 Å².